The molecule has 0 unspecified atom stereocenters. The van der Waals surface area contributed by atoms with Crippen molar-refractivity contribution in [3.63, 3.8) is 0 Å². The number of hydrogen-bond donors (Lipinski definition) is 0. The molecule has 2 heterocycles. The SMILES string of the molecule is Cc1cc(O[C@@H](C)C(=O)N2CCN(C(=O)c3ccccc3)C[C@H]2C)c2c(C)nn(C(=O)OC(C)(C)C)c2c1. The lowest BCUT2D eigenvalue weighted by molar-refractivity contribution is -0.142. The van der Waals surface area contributed by atoms with Crippen molar-refractivity contribution in [3.8, 4) is 5.75 Å². The van der Waals surface area contributed by atoms with E-state index in [1.165, 1.54) is 4.68 Å². The van der Waals surface area contributed by atoms with Gasteiger partial charge in [0, 0.05) is 31.2 Å². The molecule has 38 heavy (non-hydrogen) atoms. The lowest BCUT2D eigenvalue weighted by Gasteiger charge is -2.40. The third-order valence-corrected chi connectivity index (χ3v) is 6.50. The third kappa shape index (κ3) is 5.66. The molecule has 0 bridgehead atoms. The number of carbonyl (C=O) groups excluding carboxylic acids is 3. The first kappa shape index (κ1) is 27.2. The zero-order chi connectivity index (χ0) is 27.8. The van der Waals surface area contributed by atoms with Crippen LogP contribution in [0.2, 0.25) is 0 Å². The van der Waals surface area contributed by atoms with Gasteiger partial charge in [0.05, 0.1) is 16.6 Å². The van der Waals surface area contributed by atoms with Crippen LogP contribution in [0.4, 0.5) is 4.79 Å². The molecular formula is C29H36N4O5. The average molecular weight is 521 g/mol. The van der Waals surface area contributed by atoms with Gasteiger partial charge in [-0.2, -0.15) is 9.78 Å². The van der Waals surface area contributed by atoms with Crippen LogP contribution in [-0.4, -0.2) is 74.9 Å². The summed E-state index contributed by atoms with van der Waals surface area (Å²) >= 11 is 0. The van der Waals surface area contributed by atoms with E-state index in [1.54, 1.807) is 56.6 Å². The normalized spacial score (nSPS) is 16.9. The summed E-state index contributed by atoms with van der Waals surface area (Å²) in [6.07, 6.45) is -1.35. The van der Waals surface area contributed by atoms with Gasteiger partial charge in [-0.05, 0) is 78.3 Å². The van der Waals surface area contributed by atoms with Crippen LogP contribution in [0, 0.1) is 13.8 Å². The number of piperazine rings is 1. The fourth-order valence-electron chi connectivity index (χ4n) is 4.76. The van der Waals surface area contributed by atoms with E-state index >= 15 is 0 Å². The molecule has 202 valence electrons. The van der Waals surface area contributed by atoms with Gasteiger partial charge in [-0.1, -0.05) is 18.2 Å². The van der Waals surface area contributed by atoms with Gasteiger partial charge in [-0.25, -0.2) is 4.79 Å². The van der Waals surface area contributed by atoms with Crippen molar-refractivity contribution in [2.24, 2.45) is 0 Å². The number of fused-ring (bicyclic) bond motifs is 1. The van der Waals surface area contributed by atoms with Crippen molar-refractivity contribution in [1.29, 1.82) is 0 Å². The average Bonchev–Trinajstić information content (AvgIpc) is 3.18. The molecule has 0 spiro atoms. The Hall–Kier alpha value is -3.88. The van der Waals surface area contributed by atoms with Gasteiger partial charge in [0.25, 0.3) is 11.8 Å². The maximum atomic E-state index is 13.4. The standard InChI is InChI=1S/C29H36N4O5/c1-18-15-23-25(20(3)30-33(23)28(36)38-29(5,6)7)24(16-18)37-21(4)26(34)32-14-13-31(17-19(32)2)27(35)22-11-9-8-10-12-22/h8-12,15-16,19,21H,13-14,17H2,1-7H3/t19-,21+/m1/s1. The molecule has 2 aromatic carbocycles. The maximum Gasteiger partial charge on any atom is 0.435 e. The van der Waals surface area contributed by atoms with E-state index in [0.29, 0.717) is 47.5 Å². The molecule has 0 radical (unpaired) electrons. The fraction of sp³-hybridized carbons (Fsp3) is 0.448. The van der Waals surface area contributed by atoms with Crippen molar-refractivity contribution < 1.29 is 23.9 Å². The number of amides is 2. The Kier molecular flexibility index (Phi) is 7.49. The summed E-state index contributed by atoms with van der Waals surface area (Å²) in [5.41, 5.74) is 2.00. The van der Waals surface area contributed by atoms with Crippen molar-refractivity contribution in [3.05, 3.63) is 59.3 Å². The molecule has 1 aromatic heterocycles. The molecular weight excluding hydrogens is 484 g/mol. The van der Waals surface area contributed by atoms with Gasteiger partial charge in [-0.15, -0.1) is 0 Å². The number of rotatable bonds is 4. The first-order valence-corrected chi connectivity index (χ1v) is 12.9. The van der Waals surface area contributed by atoms with Crippen LogP contribution in [-0.2, 0) is 9.53 Å². The zero-order valence-electron chi connectivity index (χ0n) is 23.1. The predicted octanol–water partition coefficient (Wildman–Crippen LogP) is 4.58. The molecule has 0 saturated carbocycles. The second-order valence-electron chi connectivity index (χ2n) is 10.9. The second-order valence-corrected chi connectivity index (χ2v) is 10.9. The highest BCUT2D eigenvalue weighted by atomic mass is 16.6. The van der Waals surface area contributed by atoms with Crippen LogP contribution in [0.5, 0.6) is 5.75 Å². The van der Waals surface area contributed by atoms with Crippen LogP contribution in [0.15, 0.2) is 42.5 Å². The van der Waals surface area contributed by atoms with Crippen LogP contribution in [0.1, 0.15) is 56.2 Å². The van der Waals surface area contributed by atoms with E-state index in [9.17, 15) is 14.4 Å². The minimum atomic E-state index is -0.775. The van der Waals surface area contributed by atoms with E-state index in [1.807, 2.05) is 44.2 Å². The first-order chi connectivity index (χ1) is 17.9. The monoisotopic (exact) mass is 520 g/mol. The predicted molar refractivity (Wildman–Crippen MR) is 144 cm³/mol. The number of nitrogens with zero attached hydrogens (tertiary/aromatic N) is 4. The molecule has 9 heteroatoms. The van der Waals surface area contributed by atoms with Crippen molar-refractivity contribution in [2.75, 3.05) is 19.6 Å². The molecule has 1 saturated heterocycles. The Labute approximate surface area is 223 Å². The third-order valence-electron chi connectivity index (χ3n) is 6.50. The maximum absolute atomic E-state index is 13.4. The number of aromatic nitrogens is 2. The highest BCUT2D eigenvalue weighted by molar-refractivity contribution is 5.95. The van der Waals surface area contributed by atoms with Gasteiger partial charge < -0.3 is 19.3 Å². The number of hydrogen-bond acceptors (Lipinski definition) is 6. The minimum Gasteiger partial charge on any atom is -0.480 e. The molecule has 9 nitrogen and oxygen atoms in total. The highest BCUT2D eigenvalue weighted by Gasteiger charge is 2.33. The summed E-state index contributed by atoms with van der Waals surface area (Å²) < 4.78 is 13.0. The van der Waals surface area contributed by atoms with E-state index in [0.717, 1.165) is 5.56 Å². The number of benzene rings is 2. The van der Waals surface area contributed by atoms with Crippen LogP contribution < -0.4 is 4.74 Å². The van der Waals surface area contributed by atoms with Gasteiger partial charge in [0.2, 0.25) is 0 Å². The topological polar surface area (TPSA) is 94.0 Å². The Balaban J connectivity index is 1.50. The van der Waals surface area contributed by atoms with Crippen molar-refractivity contribution in [1.82, 2.24) is 19.6 Å². The number of carbonyl (C=O) groups is 3. The lowest BCUT2D eigenvalue weighted by Crippen LogP contribution is -2.57. The zero-order valence-corrected chi connectivity index (χ0v) is 23.1. The van der Waals surface area contributed by atoms with Crippen LogP contribution >= 0.6 is 0 Å². The molecule has 1 aliphatic rings. The summed E-state index contributed by atoms with van der Waals surface area (Å²) in [6, 6.07) is 12.7. The molecule has 1 fully saturated rings. The highest BCUT2D eigenvalue weighted by Crippen LogP contribution is 2.32. The Morgan fingerprint density at radius 3 is 2.37 bits per heavy atom. The van der Waals surface area contributed by atoms with E-state index < -0.39 is 17.8 Å². The summed E-state index contributed by atoms with van der Waals surface area (Å²) in [7, 11) is 0. The largest absolute Gasteiger partial charge is 0.480 e. The molecule has 0 aliphatic carbocycles. The van der Waals surface area contributed by atoms with E-state index in [4.69, 9.17) is 9.47 Å². The van der Waals surface area contributed by atoms with Crippen molar-refractivity contribution in [2.45, 2.75) is 66.2 Å². The fourth-order valence-corrected chi connectivity index (χ4v) is 4.76. The quantitative estimate of drug-likeness (QED) is 0.500. The molecule has 2 amide bonds. The summed E-state index contributed by atoms with van der Waals surface area (Å²) in [5.74, 6) is 0.295. The van der Waals surface area contributed by atoms with E-state index in [-0.39, 0.29) is 17.9 Å². The Morgan fingerprint density at radius 1 is 1.05 bits per heavy atom. The lowest BCUT2D eigenvalue weighted by atomic mass is 10.1. The van der Waals surface area contributed by atoms with Gasteiger partial charge >= 0.3 is 6.09 Å². The van der Waals surface area contributed by atoms with Gasteiger partial charge in [0.15, 0.2) is 6.10 Å². The molecule has 0 N–H and O–H groups in total. The Morgan fingerprint density at radius 2 is 1.74 bits per heavy atom. The van der Waals surface area contributed by atoms with Crippen molar-refractivity contribution >= 4 is 28.8 Å². The van der Waals surface area contributed by atoms with Gasteiger partial charge in [-0.3, -0.25) is 9.59 Å². The summed E-state index contributed by atoms with van der Waals surface area (Å²) in [5, 5.41) is 5.07. The van der Waals surface area contributed by atoms with Crippen LogP contribution in [0.3, 0.4) is 0 Å². The number of aryl methyl sites for hydroxylation is 2. The molecule has 4 rings (SSSR count). The minimum absolute atomic E-state index is 0.0338. The van der Waals surface area contributed by atoms with Crippen LogP contribution in [0.25, 0.3) is 10.9 Å². The van der Waals surface area contributed by atoms with E-state index in [2.05, 4.69) is 5.10 Å². The molecule has 3 aromatic rings. The first-order valence-electron chi connectivity index (χ1n) is 12.9. The second kappa shape index (κ2) is 10.5. The van der Waals surface area contributed by atoms with Gasteiger partial charge in [0.1, 0.15) is 11.4 Å². The number of ether oxygens (including phenoxy) is 2. The Bertz CT molecular complexity index is 1360. The smallest absolute Gasteiger partial charge is 0.435 e. The summed E-state index contributed by atoms with van der Waals surface area (Å²) in [6.45, 7) is 14.1. The molecule has 1 aliphatic heterocycles. The summed E-state index contributed by atoms with van der Waals surface area (Å²) in [4.78, 5) is 42.7. The molecule has 2 atom stereocenters.